The molecule has 3 rings (SSSR count). The molecule has 0 aromatic heterocycles. The topological polar surface area (TPSA) is 132 Å². The molecule has 0 bridgehead atoms. The van der Waals surface area contributed by atoms with Gasteiger partial charge < -0.3 is 24.8 Å². The molecule has 0 saturated heterocycles. The van der Waals surface area contributed by atoms with E-state index in [4.69, 9.17) is 14.2 Å². The third-order valence-electron chi connectivity index (χ3n) is 4.32. The van der Waals surface area contributed by atoms with E-state index in [0.29, 0.717) is 24.7 Å². The fraction of sp³-hybridized carbons (Fsp3) is 0.364. The molecule has 2 aromatic carbocycles. The number of fused-ring (bicyclic) bond motifs is 1. The quantitative estimate of drug-likeness (QED) is 0.522. The maximum Gasteiger partial charge on any atom is 0.407 e. The van der Waals surface area contributed by atoms with Crippen LogP contribution in [0.25, 0.3) is 0 Å². The lowest BCUT2D eigenvalue weighted by atomic mass is 10.1. The van der Waals surface area contributed by atoms with Crippen molar-refractivity contribution in [3.8, 4) is 11.5 Å². The lowest BCUT2D eigenvalue weighted by molar-refractivity contribution is 0.0526. The van der Waals surface area contributed by atoms with E-state index in [1.54, 1.807) is 32.9 Å². The minimum atomic E-state index is -4.00. The molecule has 0 atom stereocenters. The number of ether oxygens (including phenoxy) is 3. The van der Waals surface area contributed by atoms with Crippen LogP contribution in [-0.2, 0) is 14.8 Å². The molecule has 178 valence electrons. The Morgan fingerprint density at radius 2 is 1.64 bits per heavy atom. The number of carbonyl (C=O) groups excluding carboxylic acids is 2. The van der Waals surface area contributed by atoms with Crippen molar-refractivity contribution in [3.05, 3.63) is 48.0 Å². The van der Waals surface area contributed by atoms with Crippen LogP contribution in [-0.4, -0.2) is 52.3 Å². The first-order valence-electron chi connectivity index (χ1n) is 10.3. The molecule has 2 aromatic rings. The van der Waals surface area contributed by atoms with Crippen LogP contribution in [0.15, 0.2) is 47.4 Å². The summed E-state index contributed by atoms with van der Waals surface area (Å²) in [6.07, 6.45) is -0.593. The molecule has 0 unspecified atom stereocenters. The Labute approximate surface area is 192 Å². The summed E-state index contributed by atoms with van der Waals surface area (Å²) in [5.41, 5.74) is -0.374. The minimum absolute atomic E-state index is 0.0245. The van der Waals surface area contributed by atoms with Crippen molar-refractivity contribution in [1.29, 1.82) is 0 Å². The summed E-state index contributed by atoms with van der Waals surface area (Å²) < 4.78 is 44.3. The van der Waals surface area contributed by atoms with Crippen LogP contribution in [0.1, 0.15) is 31.1 Å². The molecule has 33 heavy (non-hydrogen) atoms. The number of anilines is 1. The molecule has 1 aliphatic heterocycles. The Balaban J connectivity index is 1.64. The first kappa shape index (κ1) is 24.2. The summed E-state index contributed by atoms with van der Waals surface area (Å²) in [6.45, 7) is 6.24. The number of alkyl carbamates (subject to hydrolysis) is 1. The van der Waals surface area contributed by atoms with Crippen molar-refractivity contribution >= 4 is 27.7 Å². The van der Waals surface area contributed by atoms with Crippen LogP contribution < -0.4 is 24.8 Å². The maximum absolute atomic E-state index is 12.9. The van der Waals surface area contributed by atoms with Gasteiger partial charge in [-0.3, -0.25) is 9.52 Å². The van der Waals surface area contributed by atoms with Crippen molar-refractivity contribution in [2.24, 2.45) is 0 Å². The number of sulfonamides is 1. The number of nitrogens with one attached hydrogen (secondary N) is 3. The van der Waals surface area contributed by atoms with Crippen LogP contribution >= 0.6 is 0 Å². The predicted molar refractivity (Wildman–Crippen MR) is 121 cm³/mol. The number of amides is 2. The highest BCUT2D eigenvalue weighted by Gasteiger charge is 2.22. The largest absolute Gasteiger partial charge is 0.486 e. The third-order valence-corrected chi connectivity index (χ3v) is 5.68. The van der Waals surface area contributed by atoms with E-state index in [-0.39, 0.29) is 29.2 Å². The second-order valence-electron chi connectivity index (χ2n) is 8.14. The molecular formula is C22H27N3O7S. The van der Waals surface area contributed by atoms with Gasteiger partial charge in [-0.1, -0.05) is 12.1 Å². The van der Waals surface area contributed by atoms with Gasteiger partial charge in [-0.15, -0.1) is 0 Å². The Bertz CT molecular complexity index is 1130. The van der Waals surface area contributed by atoms with Crippen molar-refractivity contribution in [2.45, 2.75) is 31.3 Å². The Hall–Kier alpha value is -3.47. The zero-order chi connectivity index (χ0) is 24.1. The lowest BCUT2D eigenvalue weighted by Gasteiger charge is -2.20. The van der Waals surface area contributed by atoms with Crippen LogP contribution in [0.5, 0.6) is 11.5 Å². The van der Waals surface area contributed by atoms with Gasteiger partial charge in [0.15, 0.2) is 11.5 Å². The Morgan fingerprint density at radius 3 is 2.36 bits per heavy atom. The second kappa shape index (κ2) is 9.99. The van der Waals surface area contributed by atoms with Crippen LogP contribution in [0.4, 0.5) is 10.5 Å². The average molecular weight is 478 g/mol. The molecule has 1 aliphatic rings. The Morgan fingerprint density at radius 1 is 0.970 bits per heavy atom. The van der Waals surface area contributed by atoms with E-state index >= 15 is 0 Å². The van der Waals surface area contributed by atoms with Crippen molar-refractivity contribution in [1.82, 2.24) is 10.6 Å². The highest BCUT2D eigenvalue weighted by atomic mass is 32.2. The van der Waals surface area contributed by atoms with Gasteiger partial charge in [0, 0.05) is 19.2 Å². The number of hydrogen-bond acceptors (Lipinski definition) is 7. The van der Waals surface area contributed by atoms with E-state index < -0.39 is 27.6 Å². The van der Waals surface area contributed by atoms with Crippen LogP contribution in [0.2, 0.25) is 0 Å². The summed E-state index contributed by atoms with van der Waals surface area (Å²) in [7, 11) is -4.00. The summed E-state index contributed by atoms with van der Waals surface area (Å²) in [4.78, 5) is 24.3. The van der Waals surface area contributed by atoms with Gasteiger partial charge in [0.2, 0.25) is 0 Å². The molecule has 0 aliphatic carbocycles. The zero-order valence-electron chi connectivity index (χ0n) is 18.6. The van der Waals surface area contributed by atoms with E-state index in [1.807, 2.05) is 0 Å². The highest BCUT2D eigenvalue weighted by molar-refractivity contribution is 7.92. The molecule has 10 nitrogen and oxygen atoms in total. The summed E-state index contributed by atoms with van der Waals surface area (Å²) in [5, 5.41) is 5.18. The molecule has 2 amide bonds. The van der Waals surface area contributed by atoms with Gasteiger partial charge in [0.1, 0.15) is 18.8 Å². The molecule has 0 fully saturated rings. The fourth-order valence-electron chi connectivity index (χ4n) is 2.91. The number of benzene rings is 2. The van der Waals surface area contributed by atoms with Gasteiger partial charge in [-0.25, -0.2) is 13.2 Å². The monoisotopic (exact) mass is 477 g/mol. The minimum Gasteiger partial charge on any atom is -0.486 e. The van der Waals surface area contributed by atoms with Gasteiger partial charge >= 0.3 is 6.09 Å². The van der Waals surface area contributed by atoms with Crippen molar-refractivity contribution < 1.29 is 32.2 Å². The number of carbonyl (C=O) groups is 2. The Kier molecular flexibility index (Phi) is 7.32. The molecule has 1 heterocycles. The second-order valence-corrected chi connectivity index (χ2v) is 9.82. The SMILES string of the molecule is CC(C)(C)OC(=O)NCCNC(=O)c1ccccc1NS(=O)(=O)c1ccc2c(c1)OCCO2. The predicted octanol–water partition coefficient (Wildman–Crippen LogP) is 2.51. The van der Waals surface area contributed by atoms with E-state index in [1.165, 1.54) is 30.3 Å². The number of hydrogen-bond donors (Lipinski definition) is 3. The van der Waals surface area contributed by atoms with Gasteiger partial charge in [0.25, 0.3) is 15.9 Å². The van der Waals surface area contributed by atoms with Crippen molar-refractivity contribution in [2.75, 3.05) is 31.0 Å². The smallest absolute Gasteiger partial charge is 0.407 e. The van der Waals surface area contributed by atoms with Crippen LogP contribution in [0.3, 0.4) is 0 Å². The van der Waals surface area contributed by atoms with E-state index in [2.05, 4.69) is 15.4 Å². The highest BCUT2D eigenvalue weighted by Crippen LogP contribution is 2.33. The number of rotatable bonds is 7. The maximum atomic E-state index is 12.9. The summed E-state index contributed by atoms with van der Waals surface area (Å²) in [6, 6.07) is 10.5. The van der Waals surface area contributed by atoms with Crippen LogP contribution in [0, 0.1) is 0 Å². The molecular weight excluding hydrogens is 450 g/mol. The zero-order valence-corrected chi connectivity index (χ0v) is 19.5. The standard InChI is InChI=1S/C22H27N3O7S/c1-22(2,3)32-21(27)24-11-10-23-20(26)16-6-4-5-7-17(16)25-33(28,29)15-8-9-18-19(14-15)31-13-12-30-18/h4-9,14,25H,10-13H2,1-3H3,(H,23,26)(H,24,27). The molecule has 0 saturated carbocycles. The number of para-hydroxylation sites is 1. The van der Waals surface area contributed by atoms with E-state index in [9.17, 15) is 18.0 Å². The normalized spacial score (nSPS) is 13.1. The van der Waals surface area contributed by atoms with Gasteiger partial charge in [0.05, 0.1) is 16.1 Å². The molecule has 3 N–H and O–H groups in total. The molecule has 0 spiro atoms. The van der Waals surface area contributed by atoms with Crippen molar-refractivity contribution in [3.63, 3.8) is 0 Å². The summed E-state index contributed by atoms with van der Waals surface area (Å²) >= 11 is 0. The molecule has 0 radical (unpaired) electrons. The van der Waals surface area contributed by atoms with Gasteiger partial charge in [-0.2, -0.15) is 0 Å². The van der Waals surface area contributed by atoms with E-state index in [0.717, 1.165) is 0 Å². The average Bonchev–Trinajstić information content (AvgIpc) is 2.75. The summed E-state index contributed by atoms with van der Waals surface area (Å²) in [5.74, 6) is 0.314. The third kappa shape index (κ3) is 6.75. The molecule has 11 heteroatoms. The first-order chi connectivity index (χ1) is 15.5. The first-order valence-corrected chi connectivity index (χ1v) is 11.8. The van der Waals surface area contributed by atoms with Gasteiger partial charge in [-0.05, 0) is 45.0 Å². The lowest BCUT2D eigenvalue weighted by Crippen LogP contribution is -2.38. The fourth-order valence-corrected chi connectivity index (χ4v) is 4.01.